The molecule has 0 radical (unpaired) electrons. The van der Waals surface area contributed by atoms with Crippen LogP contribution in [0.2, 0.25) is 0 Å². The summed E-state index contributed by atoms with van der Waals surface area (Å²) in [4.78, 5) is 37.4. The summed E-state index contributed by atoms with van der Waals surface area (Å²) in [7, 11) is 1.29. The summed E-state index contributed by atoms with van der Waals surface area (Å²) in [6.07, 6.45) is 0.179. The zero-order valence-electron chi connectivity index (χ0n) is 20.2. The molecule has 2 aromatic carbocycles. The van der Waals surface area contributed by atoms with Crippen molar-refractivity contribution in [3.05, 3.63) is 65.2 Å². The number of amides is 2. The Hall–Kier alpha value is -3.49. The van der Waals surface area contributed by atoms with Gasteiger partial charge in [-0.3, -0.25) is 14.4 Å². The molecule has 3 unspecified atom stereocenters. The quantitative estimate of drug-likeness (QED) is 0.545. The molecule has 1 aliphatic carbocycles. The van der Waals surface area contributed by atoms with E-state index in [0.29, 0.717) is 12.8 Å². The zero-order chi connectivity index (χ0) is 25.8. The van der Waals surface area contributed by atoms with Gasteiger partial charge in [-0.15, -0.1) is 0 Å². The molecule has 0 aliphatic heterocycles. The van der Waals surface area contributed by atoms with Crippen LogP contribution in [-0.4, -0.2) is 31.0 Å². The van der Waals surface area contributed by atoms with Crippen LogP contribution in [0.15, 0.2) is 42.5 Å². The van der Waals surface area contributed by atoms with Crippen molar-refractivity contribution >= 4 is 17.8 Å². The predicted molar refractivity (Wildman–Crippen MR) is 124 cm³/mol. The van der Waals surface area contributed by atoms with Gasteiger partial charge in [0, 0.05) is 12.5 Å². The smallest absolute Gasteiger partial charge is 0.311 e. The Morgan fingerprint density at radius 2 is 1.60 bits per heavy atom. The van der Waals surface area contributed by atoms with E-state index in [2.05, 4.69) is 10.6 Å². The van der Waals surface area contributed by atoms with Gasteiger partial charge in [0.05, 0.1) is 24.6 Å². The second kappa shape index (κ2) is 10.8. The van der Waals surface area contributed by atoms with E-state index in [9.17, 15) is 23.2 Å². The normalized spacial score (nSPS) is 18.1. The fraction of sp³-hybridized carbons (Fsp3) is 0.423. The van der Waals surface area contributed by atoms with Crippen molar-refractivity contribution in [2.75, 3.05) is 7.11 Å². The monoisotopic (exact) mass is 488 g/mol. The van der Waals surface area contributed by atoms with E-state index < -0.39 is 35.0 Å². The van der Waals surface area contributed by atoms with E-state index in [0.717, 1.165) is 23.3 Å². The molecule has 0 spiro atoms. The van der Waals surface area contributed by atoms with Crippen molar-refractivity contribution in [1.29, 1.82) is 0 Å². The highest BCUT2D eigenvalue weighted by Crippen LogP contribution is 2.36. The molecular formula is C26H30F2N2O5. The topological polar surface area (TPSA) is 93.7 Å². The van der Waals surface area contributed by atoms with E-state index >= 15 is 0 Å². The number of fused-ring (bicyclic) bond motifs is 1. The van der Waals surface area contributed by atoms with Crippen molar-refractivity contribution < 1.29 is 32.6 Å². The van der Waals surface area contributed by atoms with Gasteiger partial charge >= 0.3 is 5.97 Å². The van der Waals surface area contributed by atoms with E-state index in [1.807, 2.05) is 24.3 Å². The van der Waals surface area contributed by atoms with Crippen molar-refractivity contribution in [3.63, 3.8) is 0 Å². The lowest BCUT2D eigenvalue weighted by molar-refractivity contribution is -0.153. The number of hydrogen-bond donors (Lipinski definition) is 2. The fourth-order valence-corrected chi connectivity index (χ4v) is 4.18. The molecule has 7 nitrogen and oxygen atoms in total. The van der Waals surface area contributed by atoms with Crippen LogP contribution in [0.1, 0.15) is 63.2 Å². The summed E-state index contributed by atoms with van der Waals surface area (Å²) < 4.78 is 36.8. The Morgan fingerprint density at radius 1 is 1.00 bits per heavy atom. The van der Waals surface area contributed by atoms with Crippen LogP contribution in [0.25, 0.3) is 0 Å². The minimum absolute atomic E-state index is 0.0165. The second-order valence-electron chi connectivity index (χ2n) is 9.28. The number of carbonyl (C=O) groups is 3. The third-order valence-electron chi connectivity index (χ3n) is 6.06. The maximum absolute atomic E-state index is 13.4. The van der Waals surface area contributed by atoms with Crippen LogP contribution in [0.3, 0.4) is 0 Å². The number of hydrogen-bond acceptors (Lipinski definition) is 5. The number of nitrogens with one attached hydrogen (secondary N) is 2. The molecule has 1 aliphatic rings. The number of rotatable bonds is 8. The summed E-state index contributed by atoms with van der Waals surface area (Å²) in [5.74, 6) is -3.14. The molecule has 2 amide bonds. The summed E-state index contributed by atoms with van der Waals surface area (Å²) in [5.41, 5.74) is 0.791. The Kier molecular flexibility index (Phi) is 8.09. The van der Waals surface area contributed by atoms with Gasteiger partial charge < -0.3 is 20.1 Å². The third-order valence-corrected chi connectivity index (χ3v) is 6.06. The van der Waals surface area contributed by atoms with E-state index in [1.165, 1.54) is 20.1 Å². The zero-order valence-corrected chi connectivity index (χ0v) is 20.2. The molecule has 35 heavy (non-hydrogen) atoms. The summed E-state index contributed by atoms with van der Waals surface area (Å²) in [6.45, 7) is 4.84. The first-order valence-corrected chi connectivity index (χ1v) is 11.4. The molecule has 9 heteroatoms. The van der Waals surface area contributed by atoms with Gasteiger partial charge in [-0.25, -0.2) is 8.78 Å². The molecule has 3 rings (SSSR count). The van der Waals surface area contributed by atoms with Gasteiger partial charge in [0.1, 0.15) is 5.75 Å². The van der Waals surface area contributed by atoms with E-state index in [-0.39, 0.29) is 30.2 Å². The lowest BCUT2D eigenvalue weighted by atomic mass is 9.83. The first kappa shape index (κ1) is 26.1. The van der Waals surface area contributed by atoms with Crippen molar-refractivity contribution in [2.24, 2.45) is 5.41 Å². The van der Waals surface area contributed by atoms with Gasteiger partial charge in [0.2, 0.25) is 5.91 Å². The van der Waals surface area contributed by atoms with Crippen LogP contribution in [0, 0.1) is 17.0 Å². The average molecular weight is 489 g/mol. The lowest BCUT2D eigenvalue weighted by Crippen LogP contribution is -2.42. The van der Waals surface area contributed by atoms with Gasteiger partial charge in [-0.2, -0.15) is 0 Å². The largest absolute Gasteiger partial charge is 0.481 e. The predicted octanol–water partition coefficient (Wildman–Crippen LogP) is 4.13. The number of carbonyl (C=O) groups excluding carboxylic acids is 3. The van der Waals surface area contributed by atoms with Crippen molar-refractivity contribution in [3.8, 4) is 5.75 Å². The van der Waals surface area contributed by atoms with Gasteiger partial charge in [-0.05, 0) is 56.9 Å². The van der Waals surface area contributed by atoms with Crippen LogP contribution >= 0.6 is 0 Å². The number of benzene rings is 2. The number of halogens is 2. The molecule has 0 saturated carbocycles. The standard InChI is InChI=1S/C26H30F2N2O5/c1-15(35-16-9-10-19(27)20(28)13-16)24(32)30-22-12-11-21(17-7-5-6-8-18(17)22)29-23(31)14-26(2,3)25(33)34-4/h5-10,13,15,21-22H,11-12,14H2,1-4H3,(H,29,31)(H,30,32). The lowest BCUT2D eigenvalue weighted by Gasteiger charge is -2.33. The Balaban J connectivity index is 1.66. The molecular weight excluding hydrogens is 458 g/mol. The van der Waals surface area contributed by atoms with Crippen molar-refractivity contribution in [2.45, 2.75) is 58.2 Å². The number of ether oxygens (including phenoxy) is 2. The fourth-order valence-electron chi connectivity index (χ4n) is 4.18. The van der Waals surface area contributed by atoms with Gasteiger partial charge in [0.25, 0.3) is 5.91 Å². The summed E-state index contributed by atoms with van der Waals surface area (Å²) in [6, 6.07) is 10.00. The van der Waals surface area contributed by atoms with E-state index in [1.54, 1.807) is 13.8 Å². The highest BCUT2D eigenvalue weighted by Gasteiger charge is 2.34. The summed E-state index contributed by atoms with van der Waals surface area (Å²) in [5, 5.41) is 5.95. The van der Waals surface area contributed by atoms with Crippen LogP contribution < -0.4 is 15.4 Å². The van der Waals surface area contributed by atoms with Crippen LogP contribution in [0.4, 0.5) is 8.78 Å². The maximum Gasteiger partial charge on any atom is 0.311 e. The molecule has 2 aromatic rings. The molecule has 0 bridgehead atoms. The molecule has 0 aromatic heterocycles. The average Bonchev–Trinajstić information content (AvgIpc) is 2.81. The third kappa shape index (κ3) is 6.35. The van der Waals surface area contributed by atoms with Gasteiger partial charge in [-0.1, -0.05) is 24.3 Å². The molecule has 3 atom stereocenters. The van der Waals surface area contributed by atoms with Crippen LogP contribution in [0.5, 0.6) is 5.75 Å². The molecule has 0 heterocycles. The Bertz CT molecular complexity index is 1100. The van der Waals surface area contributed by atoms with Crippen molar-refractivity contribution in [1.82, 2.24) is 10.6 Å². The maximum atomic E-state index is 13.4. The van der Waals surface area contributed by atoms with E-state index in [4.69, 9.17) is 9.47 Å². The molecule has 0 fully saturated rings. The molecule has 2 N–H and O–H groups in total. The summed E-state index contributed by atoms with van der Waals surface area (Å²) >= 11 is 0. The minimum atomic E-state index is -1.06. The first-order chi connectivity index (χ1) is 16.5. The highest BCUT2D eigenvalue weighted by atomic mass is 19.2. The Labute approximate surface area is 203 Å². The number of methoxy groups -OCH3 is 1. The molecule has 188 valence electrons. The minimum Gasteiger partial charge on any atom is -0.481 e. The van der Waals surface area contributed by atoms with Crippen LogP contribution in [-0.2, 0) is 19.1 Å². The highest BCUT2D eigenvalue weighted by molar-refractivity contribution is 5.85. The Morgan fingerprint density at radius 3 is 2.17 bits per heavy atom. The number of esters is 1. The van der Waals surface area contributed by atoms with Gasteiger partial charge in [0.15, 0.2) is 17.7 Å². The molecule has 0 saturated heterocycles. The second-order valence-corrected chi connectivity index (χ2v) is 9.28. The SMILES string of the molecule is COC(=O)C(C)(C)CC(=O)NC1CCC(NC(=O)C(C)Oc2ccc(F)c(F)c2)c2ccccc21. The first-order valence-electron chi connectivity index (χ1n) is 11.4.